The highest BCUT2D eigenvalue weighted by molar-refractivity contribution is 8.00. The van der Waals surface area contributed by atoms with Crippen molar-refractivity contribution in [1.82, 2.24) is 9.55 Å². The first-order valence-electron chi connectivity index (χ1n) is 9.29. The molecule has 1 heterocycles. The summed E-state index contributed by atoms with van der Waals surface area (Å²) < 4.78 is 2.09. The number of nitrogens with one attached hydrogen (secondary N) is 1. The Hall–Kier alpha value is -2.76. The summed E-state index contributed by atoms with van der Waals surface area (Å²) >= 11 is 7.68. The lowest BCUT2D eigenvalue weighted by Crippen LogP contribution is -2.23. The number of carbonyl (C=O) groups excluding carboxylic acids is 1. The molecule has 6 heteroatoms. The van der Waals surface area contributed by atoms with Crippen LogP contribution in [-0.2, 0) is 4.79 Å². The van der Waals surface area contributed by atoms with Crippen molar-refractivity contribution >= 4 is 46.0 Å². The van der Waals surface area contributed by atoms with E-state index < -0.39 is 0 Å². The quantitative estimate of drug-likeness (QED) is 0.395. The molecule has 4 aromatic rings. The summed E-state index contributed by atoms with van der Waals surface area (Å²) in [4.78, 5) is 17.6. The molecule has 0 aliphatic heterocycles. The minimum Gasteiger partial charge on any atom is -0.324 e. The standard InChI is InChI=1S/C23H20ClN3OS/c1-15-12-13-19(18(24)14-15)25-22(28)16(2)29-23-26-20-10-6-7-11-21(20)27(23)17-8-4-3-5-9-17/h3-14,16H,1-2H3,(H,25,28). The lowest BCUT2D eigenvalue weighted by Gasteiger charge is -2.14. The van der Waals surface area contributed by atoms with E-state index in [9.17, 15) is 4.79 Å². The summed E-state index contributed by atoms with van der Waals surface area (Å²) in [6.45, 7) is 3.83. The molecule has 146 valence electrons. The predicted octanol–water partition coefficient (Wildman–Crippen LogP) is 6.11. The van der Waals surface area contributed by atoms with Gasteiger partial charge in [-0.05, 0) is 55.8 Å². The van der Waals surface area contributed by atoms with E-state index in [2.05, 4.69) is 9.88 Å². The molecule has 4 rings (SSSR count). The third-order valence-corrected chi connectivity index (χ3v) is 5.94. The molecule has 3 aromatic carbocycles. The number of carbonyl (C=O) groups is 1. The Balaban J connectivity index is 1.62. The molecule has 0 aliphatic rings. The smallest absolute Gasteiger partial charge is 0.237 e. The van der Waals surface area contributed by atoms with Gasteiger partial charge >= 0.3 is 0 Å². The van der Waals surface area contributed by atoms with Crippen molar-refractivity contribution in [3.8, 4) is 5.69 Å². The Labute approximate surface area is 178 Å². The Morgan fingerprint density at radius 3 is 2.55 bits per heavy atom. The zero-order valence-corrected chi connectivity index (χ0v) is 17.7. The molecule has 0 radical (unpaired) electrons. The zero-order valence-electron chi connectivity index (χ0n) is 16.1. The van der Waals surface area contributed by atoms with Gasteiger partial charge in [0.15, 0.2) is 5.16 Å². The number of hydrogen-bond acceptors (Lipinski definition) is 3. The number of hydrogen-bond donors (Lipinski definition) is 1. The first-order chi connectivity index (χ1) is 14.0. The fourth-order valence-electron chi connectivity index (χ4n) is 3.08. The molecule has 0 saturated carbocycles. The van der Waals surface area contributed by atoms with Gasteiger partial charge in [0.05, 0.1) is 27.0 Å². The molecule has 1 N–H and O–H groups in total. The van der Waals surface area contributed by atoms with Crippen LogP contribution in [0, 0.1) is 6.92 Å². The lowest BCUT2D eigenvalue weighted by molar-refractivity contribution is -0.115. The number of aromatic nitrogens is 2. The number of nitrogens with zero attached hydrogens (tertiary/aromatic N) is 2. The second kappa shape index (κ2) is 8.31. The van der Waals surface area contributed by atoms with Crippen molar-refractivity contribution in [2.24, 2.45) is 0 Å². The third kappa shape index (κ3) is 4.16. The van der Waals surface area contributed by atoms with Crippen LogP contribution in [0.5, 0.6) is 0 Å². The number of rotatable bonds is 5. The van der Waals surface area contributed by atoms with E-state index in [1.165, 1.54) is 11.8 Å². The number of anilines is 1. The average Bonchev–Trinajstić information content (AvgIpc) is 3.08. The van der Waals surface area contributed by atoms with Gasteiger partial charge in [-0.2, -0.15) is 0 Å². The van der Waals surface area contributed by atoms with Crippen molar-refractivity contribution in [1.29, 1.82) is 0 Å². The fraction of sp³-hybridized carbons (Fsp3) is 0.130. The van der Waals surface area contributed by atoms with Crippen LogP contribution in [0.1, 0.15) is 12.5 Å². The van der Waals surface area contributed by atoms with E-state index in [0.29, 0.717) is 10.7 Å². The summed E-state index contributed by atoms with van der Waals surface area (Å²) in [6.07, 6.45) is 0. The largest absolute Gasteiger partial charge is 0.324 e. The number of amides is 1. The monoisotopic (exact) mass is 421 g/mol. The highest BCUT2D eigenvalue weighted by Gasteiger charge is 2.21. The summed E-state index contributed by atoms with van der Waals surface area (Å²) in [6, 6.07) is 23.6. The van der Waals surface area contributed by atoms with Crippen LogP contribution in [0.25, 0.3) is 16.7 Å². The SMILES string of the molecule is Cc1ccc(NC(=O)C(C)Sc2nc3ccccc3n2-c2ccccc2)c(Cl)c1. The Morgan fingerprint density at radius 1 is 1.07 bits per heavy atom. The van der Waals surface area contributed by atoms with E-state index in [1.54, 1.807) is 0 Å². The lowest BCUT2D eigenvalue weighted by atomic mass is 10.2. The molecule has 0 bridgehead atoms. The van der Waals surface area contributed by atoms with E-state index in [4.69, 9.17) is 16.6 Å². The van der Waals surface area contributed by atoms with E-state index in [0.717, 1.165) is 27.4 Å². The van der Waals surface area contributed by atoms with Gasteiger partial charge in [-0.25, -0.2) is 4.98 Å². The number of imidazole rings is 1. The topological polar surface area (TPSA) is 46.9 Å². The van der Waals surface area contributed by atoms with Crippen molar-refractivity contribution < 1.29 is 4.79 Å². The van der Waals surface area contributed by atoms with Crippen LogP contribution < -0.4 is 5.32 Å². The number of para-hydroxylation sites is 3. The van der Waals surface area contributed by atoms with Gasteiger partial charge in [0, 0.05) is 5.69 Å². The molecular weight excluding hydrogens is 402 g/mol. The van der Waals surface area contributed by atoms with Gasteiger partial charge in [-0.3, -0.25) is 9.36 Å². The van der Waals surface area contributed by atoms with E-state index in [1.807, 2.05) is 86.6 Å². The minimum absolute atomic E-state index is 0.118. The Bertz CT molecular complexity index is 1170. The molecule has 29 heavy (non-hydrogen) atoms. The molecule has 0 spiro atoms. The van der Waals surface area contributed by atoms with Crippen LogP contribution >= 0.6 is 23.4 Å². The van der Waals surface area contributed by atoms with Crippen molar-refractivity contribution in [3.05, 3.63) is 83.4 Å². The molecule has 1 amide bonds. The molecule has 4 nitrogen and oxygen atoms in total. The van der Waals surface area contributed by atoms with Gasteiger partial charge in [-0.1, -0.05) is 59.8 Å². The summed E-state index contributed by atoms with van der Waals surface area (Å²) in [7, 11) is 0. The molecule has 1 atom stereocenters. The van der Waals surface area contributed by atoms with Gasteiger partial charge in [-0.15, -0.1) is 0 Å². The van der Waals surface area contributed by atoms with Crippen LogP contribution in [0.15, 0.2) is 78.0 Å². The second-order valence-corrected chi connectivity index (χ2v) is 8.50. The molecule has 0 aliphatic carbocycles. The zero-order chi connectivity index (χ0) is 20.4. The van der Waals surface area contributed by atoms with Crippen LogP contribution in [0.2, 0.25) is 5.02 Å². The van der Waals surface area contributed by atoms with Gasteiger partial charge < -0.3 is 5.32 Å². The second-order valence-electron chi connectivity index (χ2n) is 6.79. The number of aryl methyl sites for hydroxylation is 1. The maximum atomic E-state index is 12.8. The van der Waals surface area contributed by atoms with Crippen LogP contribution in [0.3, 0.4) is 0 Å². The minimum atomic E-state index is -0.355. The van der Waals surface area contributed by atoms with Crippen molar-refractivity contribution in [2.45, 2.75) is 24.3 Å². The van der Waals surface area contributed by atoms with E-state index >= 15 is 0 Å². The maximum absolute atomic E-state index is 12.8. The Kier molecular flexibility index (Phi) is 5.60. The predicted molar refractivity (Wildman–Crippen MR) is 121 cm³/mol. The first-order valence-corrected chi connectivity index (χ1v) is 10.6. The van der Waals surface area contributed by atoms with Crippen molar-refractivity contribution in [2.75, 3.05) is 5.32 Å². The third-order valence-electron chi connectivity index (χ3n) is 4.58. The van der Waals surface area contributed by atoms with Crippen LogP contribution in [-0.4, -0.2) is 20.7 Å². The number of benzene rings is 3. The molecule has 0 saturated heterocycles. The summed E-state index contributed by atoms with van der Waals surface area (Å²) in [5.74, 6) is -0.118. The summed E-state index contributed by atoms with van der Waals surface area (Å²) in [5, 5.41) is 3.87. The number of halogens is 1. The molecule has 1 unspecified atom stereocenters. The molecular formula is C23H20ClN3OS. The average molecular weight is 422 g/mol. The summed E-state index contributed by atoms with van der Waals surface area (Å²) in [5.41, 5.74) is 4.58. The highest BCUT2D eigenvalue weighted by atomic mass is 35.5. The van der Waals surface area contributed by atoms with Gasteiger partial charge in [0.2, 0.25) is 5.91 Å². The number of fused-ring (bicyclic) bond motifs is 1. The maximum Gasteiger partial charge on any atom is 0.237 e. The van der Waals surface area contributed by atoms with Crippen LogP contribution in [0.4, 0.5) is 5.69 Å². The number of thioether (sulfide) groups is 1. The van der Waals surface area contributed by atoms with Gasteiger partial charge in [0.25, 0.3) is 0 Å². The molecule has 0 fully saturated rings. The van der Waals surface area contributed by atoms with Gasteiger partial charge in [0.1, 0.15) is 0 Å². The highest BCUT2D eigenvalue weighted by Crippen LogP contribution is 2.31. The van der Waals surface area contributed by atoms with Crippen molar-refractivity contribution in [3.63, 3.8) is 0 Å². The normalized spacial score (nSPS) is 12.1. The Morgan fingerprint density at radius 2 is 1.79 bits per heavy atom. The fourth-order valence-corrected chi connectivity index (χ4v) is 4.30. The first kappa shape index (κ1) is 19.6. The van der Waals surface area contributed by atoms with E-state index in [-0.39, 0.29) is 11.2 Å². The molecule has 1 aromatic heterocycles.